The van der Waals surface area contributed by atoms with E-state index in [0.717, 1.165) is 65.7 Å². The number of hydrogen-bond donors (Lipinski definition) is 0. The van der Waals surface area contributed by atoms with Crippen LogP contribution in [0.4, 0.5) is 0 Å². The molecule has 0 atom stereocenters. The molecule has 0 amide bonds. The summed E-state index contributed by atoms with van der Waals surface area (Å²) >= 11 is 0. The molecule has 10 rings (SSSR count). The quantitative estimate of drug-likeness (QED) is 0.102. The number of benzene rings is 10. The Hall–Kier alpha value is -6.68. The highest BCUT2D eigenvalue weighted by atomic mass is 31.2. The molecular formula is C69H64O3P4. The fourth-order valence-corrected chi connectivity index (χ4v) is 20.8. The largest absolute Gasteiger partial charge is 0.309 e. The van der Waals surface area contributed by atoms with Crippen LogP contribution in [0.3, 0.4) is 0 Å². The van der Waals surface area contributed by atoms with E-state index in [1.807, 2.05) is 155 Å². The van der Waals surface area contributed by atoms with Crippen LogP contribution in [0.15, 0.2) is 231 Å². The fraction of sp³-hybridized carbons (Fsp3) is 0.130. The van der Waals surface area contributed by atoms with Gasteiger partial charge in [-0.05, 0) is 127 Å². The summed E-state index contributed by atoms with van der Waals surface area (Å²) in [4.78, 5) is 0. The molecule has 0 N–H and O–H groups in total. The molecule has 7 heteroatoms. The molecule has 0 spiro atoms. The molecule has 378 valence electrons. The summed E-state index contributed by atoms with van der Waals surface area (Å²) in [5, 5.41) is 9.73. The summed E-state index contributed by atoms with van der Waals surface area (Å²) in [6.07, 6.45) is 0.373. The lowest BCUT2D eigenvalue weighted by Gasteiger charge is -2.26. The molecule has 3 nitrogen and oxygen atoms in total. The third kappa shape index (κ3) is 10.6. The smallest absolute Gasteiger partial charge is 0.171 e. The summed E-state index contributed by atoms with van der Waals surface area (Å²) in [6.45, 7) is 16.5. The average molecular weight is 1070 g/mol. The third-order valence-electron chi connectivity index (χ3n) is 14.7. The topological polar surface area (TPSA) is 51.2 Å². The van der Waals surface area contributed by atoms with E-state index in [1.54, 1.807) is 0 Å². The molecule has 0 saturated heterocycles. The van der Waals surface area contributed by atoms with Crippen LogP contribution in [0, 0.1) is 55.4 Å². The van der Waals surface area contributed by atoms with Crippen LogP contribution in [0.5, 0.6) is 0 Å². The Kier molecular flexibility index (Phi) is 15.1. The summed E-state index contributed by atoms with van der Waals surface area (Å²) in [5.74, 6) is 0. The van der Waals surface area contributed by atoms with E-state index in [4.69, 9.17) is 0 Å². The van der Waals surface area contributed by atoms with Crippen LogP contribution in [0.25, 0.3) is 0 Å². The minimum Gasteiger partial charge on any atom is -0.309 e. The van der Waals surface area contributed by atoms with Gasteiger partial charge >= 0.3 is 0 Å². The first-order chi connectivity index (χ1) is 36.5. The van der Waals surface area contributed by atoms with Crippen LogP contribution in [-0.4, -0.2) is 0 Å². The molecule has 0 bridgehead atoms. The van der Waals surface area contributed by atoms with Crippen molar-refractivity contribution in [2.24, 2.45) is 0 Å². The molecule has 76 heavy (non-hydrogen) atoms. The van der Waals surface area contributed by atoms with Gasteiger partial charge in [-0.15, -0.1) is 0 Å². The molecule has 0 unspecified atom stereocenters. The van der Waals surface area contributed by atoms with Crippen molar-refractivity contribution in [3.63, 3.8) is 0 Å². The standard InChI is InChI=1S/C69H64O3P4/c1-48-9-25-58(26-10-48)73(59-27-11-49(2)12-28-59)60-42-56(43-67(46-60)74(70,61-29-13-50(3)14-30-61)62-31-15-51(4)16-32-62)41-57-44-68(75(71,63-33-17-52(5)18-34-63)64-35-19-53(6)20-36-64)47-69(45-57)76(72,65-37-21-54(7)22-38-65)66-39-23-55(8)24-40-66/h9-40,42-47H,41H2,1-8H3. The zero-order valence-corrected chi connectivity index (χ0v) is 48.2. The Labute approximate surface area is 452 Å². The van der Waals surface area contributed by atoms with Crippen LogP contribution in [-0.2, 0) is 20.1 Å². The second-order valence-corrected chi connectivity index (χ2v) is 31.3. The Bertz CT molecular complexity index is 3520. The third-order valence-corrected chi connectivity index (χ3v) is 26.2. The average Bonchev–Trinajstić information content (AvgIpc) is 3.45. The Balaban J connectivity index is 1.28. The fourth-order valence-electron chi connectivity index (χ4n) is 10.1. The second kappa shape index (κ2) is 21.7. The highest BCUT2D eigenvalue weighted by Gasteiger charge is 2.37. The first-order valence-corrected chi connectivity index (χ1v) is 32.4. The number of rotatable bonds is 14. The monoisotopic (exact) mass is 1060 g/mol. The van der Waals surface area contributed by atoms with Gasteiger partial charge in [0.05, 0.1) is 0 Å². The van der Waals surface area contributed by atoms with Gasteiger partial charge in [-0.3, -0.25) is 0 Å². The molecule has 10 aromatic rings. The van der Waals surface area contributed by atoms with E-state index in [0.29, 0.717) is 38.2 Å². The summed E-state index contributed by atoms with van der Waals surface area (Å²) in [6, 6.07) is 79.0. The van der Waals surface area contributed by atoms with Crippen molar-refractivity contribution in [2.75, 3.05) is 0 Å². The van der Waals surface area contributed by atoms with Gasteiger partial charge in [0.2, 0.25) is 0 Å². The maximum atomic E-state index is 16.8. The van der Waals surface area contributed by atoms with Crippen molar-refractivity contribution < 1.29 is 13.7 Å². The molecule has 10 aromatic carbocycles. The minimum absolute atomic E-state index is 0.373. The molecule has 0 saturated carbocycles. The van der Waals surface area contributed by atoms with Gasteiger partial charge in [0, 0.05) is 47.7 Å². The maximum absolute atomic E-state index is 16.8. The maximum Gasteiger partial charge on any atom is 0.171 e. The molecule has 0 radical (unpaired) electrons. The lowest BCUT2D eigenvalue weighted by atomic mass is 10.1. The van der Waals surface area contributed by atoms with E-state index in [9.17, 15) is 0 Å². The van der Waals surface area contributed by atoms with Crippen LogP contribution in [0.1, 0.15) is 55.6 Å². The van der Waals surface area contributed by atoms with Crippen molar-refractivity contribution in [1.82, 2.24) is 0 Å². The van der Waals surface area contributed by atoms with E-state index in [-0.39, 0.29) is 0 Å². The van der Waals surface area contributed by atoms with Gasteiger partial charge in [-0.25, -0.2) is 0 Å². The first-order valence-electron chi connectivity index (χ1n) is 26.0. The highest BCUT2D eigenvalue weighted by Crippen LogP contribution is 2.48. The highest BCUT2D eigenvalue weighted by molar-refractivity contribution is 7.87. The molecule has 0 aromatic heterocycles. The Morgan fingerprint density at radius 2 is 0.447 bits per heavy atom. The predicted molar refractivity (Wildman–Crippen MR) is 330 cm³/mol. The van der Waals surface area contributed by atoms with Gasteiger partial charge in [0.1, 0.15) is 0 Å². The van der Waals surface area contributed by atoms with Crippen molar-refractivity contribution in [2.45, 2.75) is 61.8 Å². The second-order valence-electron chi connectivity index (χ2n) is 20.7. The van der Waals surface area contributed by atoms with Crippen LogP contribution < -0.4 is 63.7 Å². The van der Waals surface area contributed by atoms with Crippen LogP contribution >= 0.6 is 29.3 Å². The van der Waals surface area contributed by atoms with E-state index >= 15 is 13.7 Å². The lowest BCUT2D eigenvalue weighted by Crippen LogP contribution is -2.31. The normalized spacial score (nSPS) is 12.0. The first kappa shape index (κ1) is 52.7. The van der Waals surface area contributed by atoms with E-state index < -0.39 is 29.3 Å². The van der Waals surface area contributed by atoms with Crippen LogP contribution in [0.2, 0.25) is 0 Å². The Morgan fingerprint density at radius 3 is 0.697 bits per heavy atom. The summed E-state index contributed by atoms with van der Waals surface area (Å²) in [7, 11) is -12.0. The van der Waals surface area contributed by atoms with E-state index in [1.165, 1.54) is 21.7 Å². The van der Waals surface area contributed by atoms with Gasteiger partial charge < -0.3 is 13.7 Å². The summed E-state index contributed by atoms with van der Waals surface area (Å²) < 4.78 is 50.4. The lowest BCUT2D eigenvalue weighted by molar-refractivity contribution is 0.591. The molecule has 0 aliphatic carbocycles. The molecule has 0 heterocycles. The summed E-state index contributed by atoms with van der Waals surface area (Å²) in [5.41, 5.74) is 10.6. The zero-order chi connectivity index (χ0) is 53.4. The van der Waals surface area contributed by atoms with Gasteiger partial charge in [0.15, 0.2) is 21.4 Å². The van der Waals surface area contributed by atoms with Crippen molar-refractivity contribution in [1.29, 1.82) is 0 Å². The molecule has 0 aliphatic heterocycles. The minimum atomic E-state index is -3.64. The SMILES string of the molecule is Cc1ccc(P(c2ccc(C)cc2)c2cc(Cc3cc(P(=O)(c4ccc(C)cc4)c4ccc(C)cc4)cc(P(=O)(c4ccc(C)cc4)c4ccc(C)cc4)c3)cc(P(=O)(c3ccc(C)cc3)c3ccc(C)cc3)c2)cc1. The van der Waals surface area contributed by atoms with E-state index in [2.05, 4.69) is 131 Å². The predicted octanol–water partition coefficient (Wildman–Crippen LogP) is 12.4. The van der Waals surface area contributed by atoms with Crippen molar-refractivity contribution in [3.05, 3.63) is 286 Å². The molecular weight excluding hydrogens is 1000 g/mol. The Morgan fingerprint density at radius 1 is 0.237 bits per heavy atom. The zero-order valence-electron chi connectivity index (χ0n) is 44.7. The molecule has 0 aliphatic rings. The van der Waals surface area contributed by atoms with Crippen molar-refractivity contribution >= 4 is 93.0 Å². The van der Waals surface area contributed by atoms with Crippen molar-refractivity contribution in [3.8, 4) is 0 Å². The van der Waals surface area contributed by atoms with Gasteiger partial charge in [-0.2, -0.15) is 0 Å². The van der Waals surface area contributed by atoms with Gasteiger partial charge in [-0.1, -0.05) is 245 Å². The number of aryl methyl sites for hydroxylation is 8. The van der Waals surface area contributed by atoms with Gasteiger partial charge in [0.25, 0.3) is 0 Å². The number of hydrogen-bond acceptors (Lipinski definition) is 3. The molecule has 0 fully saturated rings.